The van der Waals surface area contributed by atoms with E-state index in [1.165, 1.54) is 55.7 Å². The predicted molar refractivity (Wildman–Crippen MR) is 136 cm³/mol. The van der Waals surface area contributed by atoms with Gasteiger partial charge in [0.2, 0.25) is 0 Å². The van der Waals surface area contributed by atoms with E-state index in [2.05, 4.69) is 43.7 Å². The maximum Gasteiger partial charge on any atom is 0.267 e. The van der Waals surface area contributed by atoms with Crippen molar-refractivity contribution in [2.24, 2.45) is 11.3 Å². The van der Waals surface area contributed by atoms with Gasteiger partial charge in [-0.25, -0.2) is 0 Å². The number of aryl methyl sites for hydroxylation is 2. The monoisotopic (exact) mass is 482 g/mol. The number of amides is 1. The van der Waals surface area contributed by atoms with Crippen LogP contribution >= 0.6 is 11.5 Å². The van der Waals surface area contributed by atoms with Gasteiger partial charge in [0.1, 0.15) is 17.2 Å². The Balaban J connectivity index is 1.28. The number of carbonyl (C=O) groups excluding carboxylic acids is 1. The van der Waals surface area contributed by atoms with Crippen LogP contribution < -0.4 is 4.74 Å². The van der Waals surface area contributed by atoms with Crippen molar-refractivity contribution >= 4 is 17.4 Å². The van der Waals surface area contributed by atoms with E-state index in [9.17, 15) is 4.79 Å². The molecule has 2 aromatic rings. The molecule has 2 aliphatic heterocycles. The van der Waals surface area contributed by atoms with Crippen LogP contribution in [-0.2, 0) is 12.8 Å². The van der Waals surface area contributed by atoms with Crippen LogP contribution in [0.5, 0.6) is 5.75 Å². The largest absolute Gasteiger partial charge is 0.492 e. The van der Waals surface area contributed by atoms with E-state index in [1.54, 1.807) is 0 Å². The molecule has 1 saturated heterocycles. The SMILES string of the molecule is CCc1nnsc1C(=O)N1CCC2(CCCCc3ccccc3OCCN(CC3CC3)C2)CC1. The molecule has 1 spiro atoms. The first kappa shape index (κ1) is 23.7. The Kier molecular flexibility index (Phi) is 7.49. The molecule has 3 aliphatic rings. The number of para-hydroxylation sites is 1. The number of rotatable bonds is 4. The number of fused-ring (bicyclic) bond motifs is 1. The molecule has 1 aromatic carbocycles. The highest BCUT2D eigenvalue weighted by Gasteiger charge is 2.39. The summed E-state index contributed by atoms with van der Waals surface area (Å²) in [6, 6.07) is 8.57. The summed E-state index contributed by atoms with van der Waals surface area (Å²) in [5.74, 6) is 2.07. The van der Waals surface area contributed by atoms with Crippen LogP contribution in [0.15, 0.2) is 24.3 Å². The third kappa shape index (κ3) is 5.62. The minimum Gasteiger partial charge on any atom is -0.492 e. The van der Waals surface area contributed by atoms with E-state index in [1.807, 2.05) is 6.92 Å². The van der Waals surface area contributed by atoms with Gasteiger partial charge in [-0.1, -0.05) is 36.0 Å². The number of hydrogen-bond acceptors (Lipinski definition) is 6. The fraction of sp³-hybridized carbons (Fsp3) is 0.667. The molecule has 1 aromatic heterocycles. The standard InChI is InChI=1S/C27H38N4O2S/c1-2-23-25(34-29-28-23)26(32)31-15-13-27(14-16-31)12-6-5-8-22-7-3-4-9-24(22)33-18-17-30(20-27)19-21-10-11-21/h3-4,7,9,21H,2,5-6,8,10-20H2,1H3. The van der Waals surface area contributed by atoms with Gasteiger partial charge in [0.15, 0.2) is 0 Å². The van der Waals surface area contributed by atoms with Gasteiger partial charge in [-0.3, -0.25) is 9.69 Å². The van der Waals surface area contributed by atoms with E-state index in [-0.39, 0.29) is 5.91 Å². The summed E-state index contributed by atoms with van der Waals surface area (Å²) in [5.41, 5.74) is 2.48. The maximum atomic E-state index is 13.2. The zero-order chi connectivity index (χ0) is 23.4. The molecular formula is C27H38N4O2S. The Bertz CT molecular complexity index is 965. The van der Waals surface area contributed by atoms with Crippen molar-refractivity contribution in [3.8, 4) is 5.75 Å². The summed E-state index contributed by atoms with van der Waals surface area (Å²) in [6.45, 7) is 7.80. The van der Waals surface area contributed by atoms with Crippen molar-refractivity contribution in [1.82, 2.24) is 19.4 Å². The molecular weight excluding hydrogens is 444 g/mol. The second-order valence-corrected chi connectivity index (χ2v) is 11.3. The number of nitrogens with zero attached hydrogens (tertiary/aromatic N) is 4. The number of piperidine rings is 1. The number of hydrogen-bond donors (Lipinski definition) is 0. The van der Waals surface area contributed by atoms with Gasteiger partial charge in [-0.05, 0) is 85.9 Å². The molecule has 0 unspecified atom stereocenters. The first-order valence-electron chi connectivity index (χ1n) is 13.2. The fourth-order valence-electron chi connectivity index (χ4n) is 5.74. The first-order chi connectivity index (χ1) is 16.7. The minimum atomic E-state index is 0.134. The van der Waals surface area contributed by atoms with Crippen LogP contribution in [0, 0.1) is 11.3 Å². The van der Waals surface area contributed by atoms with Crippen LogP contribution in [0.25, 0.3) is 0 Å². The van der Waals surface area contributed by atoms with Crippen molar-refractivity contribution in [3.63, 3.8) is 0 Å². The molecule has 34 heavy (non-hydrogen) atoms. The topological polar surface area (TPSA) is 58.6 Å². The van der Waals surface area contributed by atoms with Crippen LogP contribution in [0.4, 0.5) is 0 Å². The second kappa shape index (κ2) is 10.7. The Morgan fingerprint density at radius 3 is 2.76 bits per heavy atom. The average molecular weight is 483 g/mol. The number of aromatic nitrogens is 2. The van der Waals surface area contributed by atoms with Gasteiger partial charge >= 0.3 is 0 Å². The number of likely N-dealkylation sites (tertiary alicyclic amines) is 1. The summed E-state index contributed by atoms with van der Waals surface area (Å²) in [7, 11) is 0. The van der Waals surface area contributed by atoms with Crippen LogP contribution in [-0.4, -0.2) is 64.6 Å². The Morgan fingerprint density at radius 2 is 1.97 bits per heavy atom. The molecule has 0 atom stereocenters. The normalized spacial score (nSPS) is 21.9. The molecule has 0 radical (unpaired) electrons. The molecule has 1 aliphatic carbocycles. The molecule has 5 rings (SSSR count). The second-order valence-electron chi connectivity index (χ2n) is 10.5. The van der Waals surface area contributed by atoms with E-state index >= 15 is 0 Å². The van der Waals surface area contributed by atoms with Crippen molar-refractivity contribution in [1.29, 1.82) is 0 Å². The molecule has 1 amide bonds. The molecule has 7 heteroatoms. The molecule has 184 valence electrons. The molecule has 3 heterocycles. The van der Waals surface area contributed by atoms with Gasteiger partial charge in [0, 0.05) is 32.7 Å². The Labute approximate surface area is 207 Å². The van der Waals surface area contributed by atoms with E-state index in [4.69, 9.17) is 4.74 Å². The zero-order valence-electron chi connectivity index (χ0n) is 20.5. The lowest BCUT2D eigenvalue weighted by Crippen LogP contribution is -2.49. The van der Waals surface area contributed by atoms with Crippen molar-refractivity contribution in [2.75, 3.05) is 39.3 Å². The van der Waals surface area contributed by atoms with E-state index in [0.29, 0.717) is 5.41 Å². The summed E-state index contributed by atoms with van der Waals surface area (Å²) in [6.07, 6.45) is 10.4. The molecule has 0 bridgehead atoms. The maximum absolute atomic E-state index is 13.2. The van der Waals surface area contributed by atoms with Crippen LogP contribution in [0.3, 0.4) is 0 Å². The van der Waals surface area contributed by atoms with Gasteiger partial charge in [-0.15, -0.1) is 5.10 Å². The number of ether oxygens (including phenoxy) is 1. The first-order valence-corrected chi connectivity index (χ1v) is 14.0. The number of carbonyl (C=O) groups is 1. The summed E-state index contributed by atoms with van der Waals surface area (Å²) >= 11 is 1.25. The van der Waals surface area contributed by atoms with Crippen molar-refractivity contribution in [2.45, 2.75) is 64.7 Å². The van der Waals surface area contributed by atoms with Gasteiger partial charge in [0.25, 0.3) is 5.91 Å². The Morgan fingerprint density at radius 1 is 1.15 bits per heavy atom. The third-order valence-electron chi connectivity index (χ3n) is 8.01. The smallest absolute Gasteiger partial charge is 0.267 e. The average Bonchev–Trinajstić information content (AvgIpc) is 3.54. The highest BCUT2D eigenvalue weighted by Crippen LogP contribution is 2.40. The molecule has 0 N–H and O–H groups in total. The summed E-state index contributed by atoms with van der Waals surface area (Å²) in [4.78, 5) is 18.7. The van der Waals surface area contributed by atoms with E-state index in [0.717, 1.165) is 80.7 Å². The number of benzene rings is 1. The minimum absolute atomic E-state index is 0.134. The predicted octanol–water partition coefficient (Wildman–Crippen LogP) is 4.84. The lowest BCUT2D eigenvalue weighted by Gasteiger charge is -2.45. The summed E-state index contributed by atoms with van der Waals surface area (Å²) < 4.78 is 10.3. The lowest BCUT2D eigenvalue weighted by atomic mass is 9.73. The van der Waals surface area contributed by atoms with Gasteiger partial charge in [-0.2, -0.15) is 0 Å². The lowest BCUT2D eigenvalue weighted by molar-refractivity contribution is 0.0370. The van der Waals surface area contributed by atoms with Crippen molar-refractivity contribution in [3.05, 3.63) is 40.4 Å². The fourth-order valence-corrected chi connectivity index (χ4v) is 6.46. The third-order valence-corrected chi connectivity index (χ3v) is 8.77. The van der Waals surface area contributed by atoms with Crippen LogP contribution in [0.2, 0.25) is 0 Å². The quantitative estimate of drug-likeness (QED) is 0.624. The van der Waals surface area contributed by atoms with Gasteiger partial charge in [0.05, 0.1) is 5.69 Å². The molecule has 6 nitrogen and oxygen atoms in total. The zero-order valence-corrected chi connectivity index (χ0v) is 21.3. The molecule has 1 saturated carbocycles. The highest BCUT2D eigenvalue weighted by atomic mass is 32.1. The Hall–Kier alpha value is -1.99. The van der Waals surface area contributed by atoms with Crippen LogP contribution in [0.1, 0.15) is 72.8 Å². The van der Waals surface area contributed by atoms with Gasteiger partial charge < -0.3 is 9.64 Å². The van der Waals surface area contributed by atoms with Crippen molar-refractivity contribution < 1.29 is 9.53 Å². The highest BCUT2D eigenvalue weighted by molar-refractivity contribution is 7.08. The summed E-state index contributed by atoms with van der Waals surface area (Å²) in [5, 5.41) is 4.15. The van der Waals surface area contributed by atoms with E-state index < -0.39 is 0 Å². The molecule has 2 fully saturated rings.